The number of carbonyl (C=O) groups excluding carboxylic acids is 1. The summed E-state index contributed by atoms with van der Waals surface area (Å²) >= 11 is 0. The Morgan fingerprint density at radius 3 is 2.41 bits per heavy atom. The van der Waals surface area contributed by atoms with Crippen molar-refractivity contribution in [2.45, 2.75) is 37.5 Å². The smallest absolute Gasteiger partial charge is 0.335 e. The van der Waals surface area contributed by atoms with Crippen LogP contribution in [0.2, 0.25) is 0 Å². The lowest BCUT2D eigenvalue weighted by atomic mass is 9.69. The fourth-order valence-corrected chi connectivity index (χ4v) is 2.74. The molecular weight excluding hydrogens is 216 g/mol. The molecule has 3 nitrogen and oxygen atoms in total. The van der Waals surface area contributed by atoms with Crippen LogP contribution in [0.25, 0.3) is 0 Å². The number of aromatic carboxylic acids is 1. The van der Waals surface area contributed by atoms with Crippen LogP contribution in [0.1, 0.15) is 48.0 Å². The van der Waals surface area contributed by atoms with Crippen LogP contribution in [0.3, 0.4) is 0 Å². The predicted molar refractivity (Wildman–Crippen MR) is 64.2 cm³/mol. The standard InChI is InChI=1S/C14H16O3/c15-10-14(8-4-1-5-9-14)12-7-3-2-6-11(12)13(16)17/h2-3,6-7,10H,1,4-5,8-9H2,(H,16,17). The number of aldehydes is 1. The molecule has 0 heterocycles. The third kappa shape index (κ3) is 2.09. The number of hydrogen-bond acceptors (Lipinski definition) is 2. The van der Waals surface area contributed by atoms with Crippen LogP contribution in [0.5, 0.6) is 0 Å². The highest BCUT2D eigenvalue weighted by Gasteiger charge is 2.36. The average Bonchev–Trinajstić information content (AvgIpc) is 2.39. The van der Waals surface area contributed by atoms with Gasteiger partial charge in [0.25, 0.3) is 0 Å². The highest BCUT2D eigenvalue weighted by molar-refractivity contribution is 5.91. The van der Waals surface area contributed by atoms with Crippen LogP contribution in [-0.2, 0) is 10.2 Å². The van der Waals surface area contributed by atoms with Crippen molar-refractivity contribution in [3.05, 3.63) is 35.4 Å². The maximum Gasteiger partial charge on any atom is 0.335 e. The van der Waals surface area contributed by atoms with Gasteiger partial charge in [-0.15, -0.1) is 0 Å². The minimum absolute atomic E-state index is 0.265. The summed E-state index contributed by atoms with van der Waals surface area (Å²) in [6, 6.07) is 6.87. The van der Waals surface area contributed by atoms with Crippen LogP contribution in [0.4, 0.5) is 0 Å². The summed E-state index contributed by atoms with van der Waals surface area (Å²) in [5.74, 6) is -0.951. The summed E-state index contributed by atoms with van der Waals surface area (Å²) in [5, 5.41) is 9.19. The van der Waals surface area contributed by atoms with E-state index in [1.54, 1.807) is 18.2 Å². The summed E-state index contributed by atoms with van der Waals surface area (Å²) in [7, 11) is 0. The van der Waals surface area contributed by atoms with Gasteiger partial charge in [0, 0.05) is 0 Å². The van der Waals surface area contributed by atoms with E-state index in [9.17, 15) is 14.7 Å². The molecular formula is C14H16O3. The lowest BCUT2D eigenvalue weighted by molar-refractivity contribution is -0.113. The zero-order valence-electron chi connectivity index (χ0n) is 9.69. The number of carbonyl (C=O) groups is 2. The molecule has 0 aromatic heterocycles. The van der Waals surface area contributed by atoms with E-state index in [1.165, 1.54) is 0 Å². The lowest BCUT2D eigenvalue weighted by Crippen LogP contribution is -2.32. The molecule has 1 saturated carbocycles. The van der Waals surface area contributed by atoms with Gasteiger partial charge in [0.1, 0.15) is 6.29 Å². The molecule has 90 valence electrons. The molecule has 3 heteroatoms. The van der Waals surface area contributed by atoms with E-state index in [1.807, 2.05) is 6.07 Å². The molecule has 1 fully saturated rings. The fraction of sp³-hybridized carbons (Fsp3) is 0.429. The molecule has 0 atom stereocenters. The Hall–Kier alpha value is -1.64. The Bertz CT molecular complexity index is 431. The molecule has 17 heavy (non-hydrogen) atoms. The van der Waals surface area contributed by atoms with Gasteiger partial charge in [-0.3, -0.25) is 0 Å². The van der Waals surface area contributed by atoms with Crippen molar-refractivity contribution >= 4 is 12.3 Å². The third-order valence-corrected chi connectivity index (χ3v) is 3.67. The normalized spacial score (nSPS) is 18.6. The molecule has 0 amide bonds. The first-order valence-corrected chi connectivity index (χ1v) is 5.99. The fourth-order valence-electron chi connectivity index (χ4n) is 2.74. The van der Waals surface area contributed by atoms with E-state index in [0.717, 1.165) is 38.4 Å². The van der Waals surface area contributed by atoms with Crippen molar-refractivity contribution < 1.29 is 14.7 Å². The lowest BCUT2D eigenvalue weighted by Gasteiger charge is -2.33. The second-order valence-electron chi connectivity index (χ2n) is 4.69. The maximum absolute atomic E-state index is 11.5. The number of carboxylic acid groups (broad SMARTS) is 1. The van der Waals surface area contributed by atoms with Gasteiger partial charge in [0.05, 0.1) is 11.0 Å². The van der Waals surface area contributed by atoms with Crippen LogP contribution in [0.15, 0.2) is 24.3 Å². The quantitative estimate of drug-likeness (QED) is 0.815. The molecule has 1 N–H and O–H groups in total. The Morgan fingerprint density at radius 1 is 1.18 bits per heavy atom. The Morgan fingerprint density at radius 2 is 1.82 bits per heavy atom. The predicted octanol–water partition coefficient (Wildman–Crippen LogP) is 2.79. The van der Waals surface area contributed by atoms with Gasteiger partial charge >= 0.3 is 5.97 Å². The van der Waals surface area contributed by atoms with Gasteiger partial charge < -0.3 is 9.90 Å². The van der Waals surface area contributed by atoms with Crippen molar-refractivity contribution in [1.29, 1.82) is 0 Å². The average molecular weight is 232 g/mol. The number of rotatable bonds is 3. The molecule has 1 aromatic rings. The topological polar surface area (TPSA) is 54.4 Å². The molecule has 0 aliphatic heterocycles. The van der Waals surface area contributed by atoms with Crippen LogP contribution < -0.4 is 0 Å². The van der Waals surface area contributed by atoms with Crippen LogP contribution in [-0.4, -0.2) is 17.4 Å². The van der Waals surface area contributed by atoms with Crippen molar-refractivity contribution in [3.8, 4) is 0 Å². The van der Waals surface area contributed by atoms with Crippen molar-refractivity contribution in [1.82, 2.24) is 0 Å². The van der Waals surface area contributed by atoms with Gasteiger partial charge in [-0.05, 0) is 24.5 Å². The molecule has 2 rings (SSSR count). The molecule has 1 aliphatic rings. The van der Waals surface area contributed by atoms with Crippen LogP contribution in [0, 0.1) is 0 Å². The third-order valence-electron chi connectivity index (χ3n) is 3.67. The summed E-state index contributed by atoms with van der Waals surface area (Å²) in [5.41, 5.74) is 0.372. The van der Waals surface area contributed by atoms with Gasteiger partial charge in [-0.2, -0.15) is 0 Å². The molecule has 0 bridgehead atoms. The summed E-state index contributed by atoms with van der Waals surface area (Å²) in [6.07, 6.45) is 5.60. The highest BCUT2D eigenvalue weighted by Crippen LogP contribution is 2.39. The van der Waals surface area contributed by atoms with Gasteiger partial charge in [-0.25, -0.2) is 4.79 Å². The summed E-state index contributed by atoms with van der Waals surface area (Å²) in [6.45, 7) is 0. The largest absolute Gasteiger partial charge is 0.478 e. The molecule has 0 radical (unpaired) electrons. The SMILES string of the molecule is O=CC1(c2ccccc2C(=O)O)CCCCC1. The maximum atomic E-state index is 11.5. The number of benzene rings is 1. The van der Waals surface area contributed by atoms with E-state index >= 15 is 0 Å². The molecule has 1 aliphatic carbocycles. The second kappa shape index (κ2) is 4.70. The molecule has 0 unspecified atom stereocenters. The Kier molecular flexibility index (Phi) is 3.27. The highest BCUT2D eigenvalue weighted by atomic mass is 16.4. The van der Waals surface area contributed by atoms with Crippen molar-refractivity contribution in [3.63, 3.8) is 0 Å². The molecule has 0 spiro atoms. The number of hydrogen-bond donors (Lipinski definition) is 1. The van der Waals surface area contributed by atoms with E-state index < -0.39 is 11.4 Å². The zero-order valence-corrected chi connectivity index (χ0v) is 9.69. The Balaban J connectivity index is 2.49. The summed E-state index contributed by atoms with van der Waals surface area (Å²) in [4.78, 5) is 22.7. The minimum atomic E-state index is -0.951. The number of carboxylic acids is 1. The van der Waals surface area contributed by atoms with Gasteiger partial charge in [0.15, 0.2) is 0 Å². The van der Waals surface area contributed by atoms with E-state index in [-0.39, 0.29) is 5.56 Å². The van der Waals surface area contributed by atoms with Crippen molar-refractivity contribution in [2.24, 2.45) is 0 Å². The minimum Gasteiger partial charge on any atom is -0.478 e. The second-order valence-corrected chi connectivity index (χ2v) is 4.69. The first kappa shape index (κ1) is 11.8. The first-order valence-electron chi connectivity index (χ1n) is 5.99. The van der Waals surface area contributed by atoms with E-state index in [2.05, 4.69) is 0 Å². The van der Waals surface area contributed by atoms with Crippen molar-refractivity contribution in [2.75, 3.05) is 0 Å². The Labute approximate surface area is 100 Å². The van der Waals surface area contributed by atoms with Gasteiger partial charge in [0.2, 0.25) is 0 Å². The molecule has 1 aromatic carbocycles. The van der Waals surface area contributed by atoms with E-state index in [4.69, 9.17) is 0 Å². The zero-order chi connectivity index (χ0) is 12.3. The molecule has 0 saturated heterocycles. The van der Waals surface area contributed by atoms with Gasteiger partial charge in [-0.1, -0.05) is 37.5 Å². The first-order chi connectivity index (χ1) is 8.19. The summed E-state index contributed by atoms with van der Waals surface area (Å²) < 4.78 is 0. The monoisotopic (exact) mass is 232 g/mol. The van der Waals surface area contributed by atoms with E-state index in [0.29, 0.717) is 5.56 Å². The van der Waals surface area contributed by atoms with Crippen LogP contribution >= 0.6 is 0 Å².